The predicted octanol–water partition coefficient (Wildman–Crippen LogP) is 2.89. The topological polar surface area (TPSA) is 50.7 Å². The van der Waals surface area contributed by atoms with E-state index >= 15 is 0 Å². The molecule has 0 saturated heterocycles. The number of methoxy groups -OCH3 is 1. The average molecular weight is 312 g/mol. The molecule has 2 atom stereocenters. The predicted molar refractivity (Wildman–Crippen MR) is 82.1 cm³/mol. The Morgan fingerprint density at radius 1 is 1.29 bits per heavy atom. The molecule has 2 aliphatic carbocycles. The van der Waals surface area contributed by atoms with Crippen LogP contribution in [0.5, 0.6) is 11.5 Å². The zero-order valence-electron chi connectivity index (χ0n) is 12.3. The third-order valence-corrected chi connectivity index (χ3v) is 4.43. The lowest BCUT2D eigenvalue weighted by Crippen LogP contribution is -2.26. The SMILES string of the molecule is COc1cc(CNC2CC2)cc(Cl)c1OC1CCCC1O. The van der Waals surface area contributed by atoms with Crippen molar-refractivity contribution in [2.24, 2.45) is 0 Å². The average Bonchev–Trinajstić information content (AvgIpc) is 3.22. The Labute approximate surface area is 130 Å². The smallest absolute Gasteiger partial charge is 0.180 e. The highest BCUT2D eigenvalue weighted by molar-refractivity contribution is 6.32. The largest absolute Gasteiger partial charge is 0.493 e. The van der Waals surface area contributed by atoms with Crippen LogP contribution in [0.4, 0.5) is 0 Å². The molecule has 21 heavy (non-hydrogen) atoms. The number of nitrogens with one attached hydrogen (secondary N) is 1. The number of aliphatic hydroxyl groups excluding tert-OH is 1. The van der Waals surface area contributed by atoms with Crippen LogP contribution in [0.25, 0.3) is 0 Å². The molecule has 4 nitrogen and oxygen atoms in total. The van der Waals surface area contributed by atoms with Crippen LogP contribution in [0.1, 0.15) is 37.7 Å². The molecule has 0 aliphatic heterocycles. The minimum Gasteiger partial charge on any atom is -0.493 e. The van der Waals surface area contributed by atoms with E-state index in [9.17, 15) is 5.11 Å². The fraction of sp³-hybridized carbons (Fsp3) is 0.625. The second-order valence-electron chi connectivity index (χ2n) is 5.92. The molecule has 0 spiro atoms. The van der Waals surface area contributed by atoms with Crippen molar-refractivity contribution in [3.05, 3.63) is 22.7 Å². The fourth-order valence-corrected chi connectivity index (χ4v) is 3.01. The summed E-state index contributed by atoms with van der Waals surface area (Å²) in [6, 6.07) is 4.52. The molecule has 0 amide bonds. The fourth-order valence-electron chi connectivity index (χ4n) is 2.73. The van der Waals surface area contributed by atoms with Gasteiger partial charge in [-0.1, -0.05) is 11.6 Å². The van der Waals surface area contributed by atoms with E-state index in [0.29, 0.717) is 22.6 Å². The summed E-state index contributed by atoms with van der Waals surface area (Å²) in [6.07, 6.45) is 4.53. The van der Waals surface area contributed by atoms with Gasteiger partial charge in [-0.25, -0.2) is 0 Å². The van der Waals surface area contributed by atoms with Gasteiger partial charge in [0.1, 0.15) is 6.10 Å². The summed E-state index contributed by atoms with van der Waals surface area (Å²) in [7, 11) is 1.61. The number of ether oxygens (including phenoxy) is 2. The van der Waals surface area contributed by atoms with Gasteiger partial charge >= 0.3 is 0 Å². The van der Waals surface area contributed by atoms with Gasteiger partial charge in [0.05, 0.1) is 18.2 Å². The highest BCUT2D eigenvalue weighted by Gasteiger charge is 2.29. The van der Waals surface area contributed by atoms with E-state index in [1.54, 1.807) is 7.11 Å². The van der Waals surface area contributed by atoms with Crippen molar-refractivity contribution in [2.45, 2.75) is 56.9 Å². The van der Waals surface area contributed by atoms with E-state index in [4.69, 9.17) is 21.1 Å². The lowest BCUT2D eigenvalue weighted by Gasteiger charge is -2.20. The molecule has 0 heterocycles. The quantitative estimate of drug-likeness (QED) is 0.848. The van der Waals surface area contributed by atoms with E-state index in [1.807, 2.05) is 12.1 Å². The van der Waals surface area contributed by atoms with Gasteiger partial charge in [0.25, 0.3) is 0 Å². The van der Waals surface area contributed by atoms with Gasteiger partial charge in [0.15, 0.2) is 11.5 Å². The summed E-state index contributed by atoms with van der Waals surface area (Å²) in [4.78, 5) is 0. The zero-order chi connectivity index (χ0) is 14.8. The molecule has 2 saturated carbocycles. The summed E-state index contributed by atoms with van der Waals surface area (Å²) in [5, 5.41) is 13.9. The molecule has 2 aliphatic rings. The number of rotatable bonds is 6. The van der Waals surface area contributed by atoms with Gasteiger partial charge in [-0.2, -0.15) is 0 Å². The molecule has 0 radical (unpaired) electrons. The van der Waals surface area contributed by atoms with Crippen molar-refractivity contribution >= 4 is 11.6 Å². The van der Waals surface area contributed by atoms with Gasteiger partial charge in [-0.3, -0.25) is 0 Å². The summed E-state index contributed by atoms with van der Waals surface area (Å²) < 4.78 is 11.3. The maximum atomic E-state index is 9.89. The third-order valence-electron chi connectivity index (χ3n) is 4.15. The maximum Gasteiger partial charge on any atom is 0.180 e. The Balaban J connectivity index is 1.74. The number of halogens is 1. The molecular formula is C16H22ClNO3. The second-order valence-corrected chi connectivity index (χ2v) is 6.33. The van der Waals surface area contributed by atoms with E-state index in [0.717, 1.165) is 31.4 Å². The van der Waals surface area contributed by atoms with E-state index in [1.165, 1.54) is 12.8 Å². The van der Waals surface area contributed by atoms with Gasteiger partial charge in [-0.05, 0) is 49.8 Å². The maximum absolute atomic E-state index is 9.89. The highest BCUT2D eigenvalue weighted by atomic mass is 35.5. The lowest BCUT2D eigenvalue weighted by molar-refractivity contribution is 0.0587. The number of hydrogen-bond donors (Lipinski definition) is 2. The number of aliphatic hydroxyl groups is 1. The minimum atomic E-state index is -0.415. The molecule has 2 unspecified atom stereocenters. The van der Waals surface area contributed by atoms with Gasteiger partial charge in [-0.15, -0.1) is 0 Å². The van der Waals surface area contributed by atoms with E-state index in [2.05, 4.69) is 5.32 Å². The standard InChI is InChI=1S/C16H22ClNO3/c1-20-15-8-10(9-18-11-5-6-11)7-12(17)16(15)21-14-4-2-3-13(14)19/h7-8,11,13-14,18-19H,2-6,9H2,1H3. The Kier molecular flexibility index (Phi) is 4.57. The third kappa shape index (κ3) is 3.62. The van der Waals surface area contributed by atoms with Crippen molar-refractivity contribution in [3.63, 3.8) is 0 Å². The Morgan fingerprint density at radius 2 is 2.10 bits per heavy atom. The number of hydrogen-bond acceptors (Lipinski definition) is 4. The molecule has 3 rings (SSSR count). The van der Waals surface area contributed by atoms with Crippen LogP contribution in [0.15, 0.2) is 12.1 Å². The molecular weight excluding hydrogens is 290 g/mol. The molecule has 0 aromatic heterocycles. The first kappa shape index (κ1) is 14.9. The van der Waals surface area contributed by atoms with Gasteiger partial charge in [0.2, 0.25) is 0 Å². The van der Waals surface area contributed by atoms with Crippen LogP contribution in [-0.2, 0) is 6.54 Å². The van der Waals surface area contributed by atoms with Gasteiger partial charge in [0, 0.05) is 12.6 Å². The Bertz CT molecular complexity index is 505. The van der Waals surface area contributed by atoms with Crippen LogP contribution in [0.2, 0.25) is 5.02 Å². The molecule has 1 aromatic carbocycles. The molecule has 2 N–H and O–H groups in total. The van der Waals surface area contributed by atoms with Gasteiger partial charge < -0.3 is 19.9 Å². The number of benzene rings is 1. The first-order chi connectivity index (χ1) is 10.2. The normalized spacial score (nSPS) is 25.1. The molecule has 2 fully saturated rings. The van der Waals surface area contributed by atoms with E-state index in [-0.39, 0.29) is 6.10 Å². The highest BCUT2D eigenvalue weighted by Crippen LogP contribution is 2.39. The summed E-state index contributed by atoms with van der Waals surface area (Å²) in [5.41, 5.74) is 1.09. The van der Waals surface area contributed by atoms with E-state index < -0.39 is 6.10 Å². The van der Waals surface area contributed by atoms with Crippen LogP contribution in [0, 0.1) is 0 Å². The summed E-state index contributed by atoms with van der Waals surface area (Å²) in [6.45, 7) is 0.785. The Hall–Kier alpha value is -0.970. The lowest BCUT2D eigenvalue weighted by atomic mass is 10.2. The summed E-state index contributed by atoms with van der Waals surface area (Å²) in [5.74, 6) is 1.18. The van der Waals surface area contributed by atoms with Crippen LogP contribution in [-0.4, -0.2) is 30.5 Å². The van der Waals surface area contributed by atoms with Crippen molar-refractivity contribution < 1.29 is 14.6 Å². The van der Waals surface area contributed by atoms with Crippen molar-refractivity contribution in [1.29, 1.82) is 0 Å². The first-order valence-corrected chi connectivity index (χ1v) is 7.99. The molecule has 116 valence electrons. The van der Waals surface area contributed by atoms with Crippen molar-refractivity contribution in [3.8, 4) is 11.5 Å². The molecule has 0 bridgehead atoms. The van der Waals surface area contributed by atoms with Crippen LogP contribution < -0.4 is 14.8 Å². The molecule has 1 aromatic rings. The van der Waals surface area contributed by atoms with Crippen molar-refractivity contribution in [2.75, 3.05) is 7.11 Å². The minimum absolute atomic E-state index is 0.188. The summed E-state index contributed by atoms with van der Waals surface area (Å²) >= 11 is 6.36. The molecule has 5 heteroatoms. The monoisotopic (exact) mass is 311 g/mol. The first-order valence-electron chi connectivity index (χ1n) is 7.62. The van der Waals surface area contributed by atoms with Crippen LogP contribution >= 0.6 is 11.6 Å². The van der Waals surface area contributed by atoms with Crippen molar-refractivity contribution in [1.82, 2.24) is 5.32 Å². The Morgan fingerprint density at radius 3 is 2.71 bits per heavy atom. The second kappa shape index (κ2) is 6.42. The zero-order valence-corrected chi connectivity index (χ0v) is 13.0. The van der Waals surface area contributed by atoms with Crippen LogP contribution in [0.3, 0.4) is 0 Å².